The van der Waals surface area contributed by atoms with Crippen molar-refractivity contribution in [3.05, 3.63) is 35.9 Å². The normalized spacial score (nSPS) is 29.1. The molecule has 2 aliphatic carbocycles. The molecule has 2 bridgehead atoms. The maximum absolute atomic E-state index is 12.3. The second-order valence-electron chi connectivity index (χ2n) is 7.81. The van der Waals surface area contributed by atoms with Gasteiger partial charge in [0, 0.05) is 12.1 Å². The van der Waals surface area contributed by atoms with Gasteiger partial charge in [-0.1, -0.05) is 30.3 Å². The Bertz CT molecular complexity index is 719. The molecule has 3 aliphatic rings. The van der Waals surface area contributed by atoms with E-state index in [1.165, 1.54) is 33.5 Å². The van der Waals surface area contributed by atoms with Crippen molar-refractivity contribution in [3.8, 4) is 0 Å². The third kappa shape index (κ3) is 3.11. The molecule has 1 aliphatic heterocycles. The number of methoxy groups -OCH3 is 2. The van der Waals surface area contributed by atoms with Gasteiger partial charge in [0.15, 0.2) is 5.92 Å². The molecule has 5 unspecified atom stereocenters. The Morgan fingerprint density at radius 1 is 1.11 bits per heavy atom. The summed E-state index contributed by atoms with van der Waals surface area (Å²) in [7, 11) is 2.60. The molecule has 1 aromatic carbocycles. The number of nitrogens with zero attached hydrogens (tertiary/aromatic N) is 2. The number of ether oxygens (including phenoxy) is 2. The van der Waals surface area contributed by atoms with E-state index in [1.807, 2.05) is 30.3 Å². The van der Waals surface area contributed by atoms with Crippen molar-refractivity contribution in [1.82, 2.24) is 5.01 Å². The van der Waals surface area contributed by atoms with Crippen LogP contribution in [0.1, 0.15) is 37.3 Å². The molecule has 2 fully saturated rings. The molecule has 2 saturated carbocycles. The molecular formula is C21H26N2O4. The highest BCUT2D eigenvalue weighted by atomic mass is 16.5. The molecule has 4 rings (SSSR count). The maximum Gasteiger partial charge on any atom is 0.320 e. The molecule has 6 heteroatoms. The fourth-order valence-corrected chi connectivity index (χ4v) is 5.30. The van der Waals surface area contributed by atoms with Crippen LogP contribution in [-0.4, -0.2) is 43.4 Å². The van der Waals surface area contributed by atoms with Crippen molar-refractivity contribution in [2.75, 3.05) is 14.2 Å². The highest BCUT2D eigenvalue weighted by Gasteiger charge is 2.53. The summed E-state index contributed by atoms with van der Waals surface area (Å²) in [6.07, 6.45) is 6.17. The van der Waals surface area contributed by atoms with Crippen LogP contribution in [0.4, 0.5) is 0 Å². The second kappa shape index (κ2) is 7.33. The molecule has 0 N–H and O–H groups in total. The van der Waals surface area contributed by atoms with E-state index >= 15 is 0 Å². The van der Waals surface area contributed by atoms with E-state index in [-0.39, 0.29) is 6.04 Å². The molecule has 1 heterocycles. The van der Waals surface area contributed by atoms with Gasteiger partial charge in [-0.2, -0.15) is 5.10 Å². The zero-order valence-electron chi connectivity index (χ0n) is 15.8. The van der Waals surface area contributed by atoms with Gasteiger partial charge in [-0.15, -0.1) is 0 Å². The fourth-order valence-electron chi connectivity index (χ4n) is 5.30. The first kappa shape index (κ1) is 18.0. The molecule has 6 nitrogen and oxygen atoms in total. The zero-order valence-corrected chi connectivity index (χ0v) is 15.8. The first-order valence-corrected chi connectivity index (χ1v) is 9.67. The maximum atomic E-state index is 12.3. The standard InChI is InChI=1S/C21H26N2O4/c1-26-20(24)16(21(25)27-2)11-18(13-6-4-3-5-7-13)23-19-15-9-8-14(10-15)17(19)12-22-23/h3-7,12,14-19H,8-11H2,1-2H3. The first-order valence-electron chi connectivity index (χ1n) is 9.67. The van der Waals surface area contributed by atoms with Gasteiger partial charge < -0.3 is 9.47 Å². The Hall–Kier alpha value is -2.37. The Labute approximate surface area is 159 Å². The third-order valence-corrected chi connectivity index (χ3v) is 6.55. The van der Waals surface area contributed by atoms with Gasteiger partial charge in [0.2, 0.25) is 0 Å². The number of hydrogen-bond donors (Lipinski definition) is 0. The quantitative estimate of drug-likeness (QED) is 0.569. The lowest BCUT2D eigenvalue weighted by molar-refractivity contribution is -0.160. The van der Waals surface area contributed by atoms with E-state index in [2.05, 4.69) is 11.2 Å². The van der Waals surface area contributed by atoms with Gasteiger partial charge in [-0.05, 0) is 43.1 Å². The van der Waals surface area contributed by atoms with Crippen LogP contribution in [0.2, 0.25) is 0 Å². The lowest BCUT2D eigenvalue weighted by Gasteiger charge is -2.37. The largest absolute Gasteiger partial charge is 0.468 e. The highest BCUT2D eigenvalue weighted by Crippen LogP contribution is 2.54. The van der Waals surface area contributed by atoms with E-state index in [9.17, 15) is 9.59 Å². The zero-order chi connectivity index (χ0) is 19.0. The second-order valence-corrected chi connectivity index (χ2v) is 7.81. The highest BCUT2D eigenvalue weighted by molar-refractivity contribution is 5.94. The molecule has 0 aromatic heterocycles. The first-order chi connectivity index (χ1) is 13.1. The van der Waals surface area contributed by atoms with Crippen LogP contribution >= 0.6 is 0 Å². The minimum absolute atomic E-state index is 0.167. The Morgan fingerprint density at radius 2 is 1.78 bits per heavy atom. The lowest BCUT2D eigenvalue weighted by Crippen LogP contribution is -2.41. The molecule has 27 heavy (non-hydrogen) atoms. The summed E-state index contributed by atoms with van der Waals surface area (Å²) in [5.74, 6) is -0.223. The van der Waals surface area contributed by atoms with Crippen molar-refractivity contribution in [1.29, 1.82) is 0 Å². The van der Waals surface area contributed by atoms with E-state index in [1.54, 1.807) is 0 Å². The van der Waals surface area contributed by atoms with Gasteiger partial charge in [0.05, 0.1) is 26.3 Å². The molecule has 5 atom stereocenters. The molecular weight excluding hydrogens is 344 g/mol. The number of esters is 2. The number of carbonyl (C=O) groups is 2. The van der Waals surface area contributed by atoms with Crippen LogP contribution in [-0.2, 0) is 19.1 Å². The number of rotatable bonds is 6. The predicted octanol–water partition coefficient (Wildman–Crippen LogP) is 2.80. The molecule has 0 spiro atoms. The summed E-state index contributed by atoms with van der Waals surface area (Å²) in [6.45, 7) is 0. The molecule has 0 amide bonds. The minimum atomic E-state index is -0.960. The van der Waals surface area contributed by atoms with Crippen LogP contribution in [0.3, 0.4) is 0 Å². The van der Waals surface area contributed by atoms with Crippen molar-refractivity contribution < 1.29 is 19.1 Å². The summed E-state index contributed by atoms with van der Waals surface area (Å²) in [6, 6.07) is 10.2. The average Bonchev–Trinajstić information content (AvgIpc) is 3.42. The molecule has 1 aromatic rings. The molecule has 0 saturated heterocycles. The van der Waals surface area contributed by atoms with Crippen LogP contribution < -0.4 is 0 Å². The van der Waals surface area contributed by atoms with Crippen LogP contribution in [0, 0.1) is 23.7 Å². The van der Waals surface area contributed by atoms with Gasteiger partial charge >= 0.3 is 11.9 Å². The van der Waals surface area contributed by atoms with Crippen molar-refractivity contribution >= 4 is 18.2 Å². The van der Waals surface area contributed by atoms with Crippen LogP contribution in [0.5, 0.6) is 0 Å². The SMILES string of the molecule is COC(=O)C(CC(c1ccccc1)N1N=CC2C3CCC(C3)C21)C(=O)OC. The number of fused-ring (bicyclic) bond motifs is 5. The number of hydrazone groups is 1. The predicted molar refractivity (Wildman–Crippen MR) is 99.8 cm³/mol. The minimum Gasteiger partial charge on any atom is -0.468 e. The van der Waals surface area contributed by atoms with E-state index in [0.717, 1.165) is 11.5 Å². The van der Waals surface area contributed by atoms with Crippen molar-refractivity contribution in [2.45, 2.75) is 37.8 Å². The average molecular weight is 370 g/mol. The number of benzene rings is 1. The van der Waals surface area contributed by atoms with Crippen LogP contribution in [0.25, 0.3) is 0 Å². The Balaban J connectivity index is 1.65. The summed E-state index contributed by atoms with van der Waals surface area (Å²) in [5, 5.41) is 6.92. The van der Waals surface area contributed by atoms with Gasteiger partial charge in [0.1, 0.15) is 0 Å². The molecule has 0 radical (unpaired) electrons. The van der Waals surface area contributed by atoms with Crippen molar-refractivity contribution in [2.24, 2.45) is 28.8 Å². The third-order valence-electron chi connectivity index (χ3n) is 6.55. The van der Waals surface area contributed by atoms with Gasteiger partial charge in [-0.3, -0.25) is 14.6 Å². The lowest BCUT2D eigenvalue weighted by atomic mass is 9.84. The summed E-state index contributed by atoms with van der Waals surface area (Å²) < 4.78 is 9.75. The smallest absolute Gasteiger partial charge is 0.320 e. The Kier molecular flexibility index (Phi) is 4.89. The number of carbonyl (C=O) groups excluding carboxylic acids is 2. The monoisotopic (exact) mass is 370 g/mol. The van der Waals surface area contributed by atoms with Crippen LogP contribution in [0.15, 0.2) is 35.4 Å². The van der Waals surface area contributed by atoms with Gasteiger partial charge in [-0.25, -0.2) is 0 Å². The summed E-state index contributed by atoms with van der Waals surface area (Å²) >= 11 is 0. The fraction of sp³-hybridized carbons (Fsp3) is 0.571. The van der Waals surface area contributed by atoms with Gasteiger partial charge in [0.25, 0.3) is 0 Å². The topological polar surface area (TPSA) is 68.2 Å². The van der Waals surface area contributed by atoms with E-state index < -0.39 is 17.9 Å². The van der Waals surface area contributed by atoms with E-state index in [4.69, 9.17) is 14.6 Å². The molecule has 144 valence electrons. The number of hydrogen-bond acceptors (Lipinski definition) is 6. The van der Waals surface area contributed by atoms with E-state index in [0.29, 0.717) is 24.3 Å². The summed E-state index contributed by atoms with van der Waals surface area (Å²) in [4.78, 5) is 24.5. The van der Waals surface area contributed by atoms with Crippen molar-refractivity contribution in [3.63, 3.8) is 0 Å². The summed E-state index contributed by atoms with van der Waals surface area (Å²) in [5.41, 5.74) is 1.05. The Morgan fingerprint density at radius 3 is 2.44 bits per heavy atom.